The Hall–Kier alpha value is -2.06. The molecule has 1 aromatic heterocycles. The fraction of sp³-hybridized carbons (Fsp3) is 0.154. The summed E-state index contributed by atoms with van der Waals surface area (Å²) < 4.78 is 0. The minimum absolute atomic E-state index is 0.314. The van der Waals surface area contributed by atoms with Gasteiger partial charge in [-0.05, 0) is 48.0 Å². The Bertz CT molecular complexity index is 587. The van der Waals surface area contributed by atoms with Gasteiger partial charge in [0.2, 0.25) is 0 Å². The van der Waals surface area contributed by atoms with E-state index in [4.69, 9.17) is 11.0 Å². The van der Waals surface area contributed by atoms with Crippen LogP contribution in [-0.4, -0.2) is 9.97 Å². The highest BCUT2D eigenvalue weighted by Gasteiger charge is 2.04. The summed E-state index contributed by atoms with van der Waals surface area (Å²) in [5.41, 5.74) is 8.31. The molecule has 0 saturated carbocycles. The molecule has 0 aliphatic carbocycles. The smallest absolute Gasteiger partial charge is 0.192 e. The van der Waals surface area contributed by atoms with Crippen molar-refractivity contribution in [1.29, 1.82) is 5.26 Å². The second kappa shape index (κ2) is 5.52. The third kappa shape index (κ3) is 2.99. The van der Waals surface area contributed by atoms with Crippen LogP contribution in [0.5, 0.6) is 0 Å². The molecule has 4 nitrogen and oxygen atoms in total. The van der Waals surface area contributed by atoms with E-state index in [9.17, 15) is 0 Å². The predicted octanol–water partition coefficient (Wildman–Crippen LogP) is 2.58. The molecule has 0 saturated heterocycles. The van der Waals surface area contributed by atoms with Crippen molar-refractivity contribution in [2.75, 3.05) is 5.73 Å². The zero-order chi connectivity index (χ0) is 13.0. The molecule has 1 aromatic carbocycles. The minimum atomic E-state index is 0.314. The van der Waals surface area contributed by atoms with E-state index in [2.05, 4.69) is 16.0 Å². The van der Waals surface area contributed by atoms with E-state index in [-0.39, 0.29) is 0 Å². The lowest BCUT2D eigenvalue weighted by molar-refractivity contribution is 0.950. The summed E-state index contributed by atoms with van der Waals surface area (Å²) in [6.07, 6.45) is 3.88. The largest absolute Gasteiger partial charge is 0.398 e. The first kappa shape index (κ1) is 12.4. The Balaban J connectivity index is 2.22. The molecule has 2 N–H and O–H groups in total. The van der Waals surface area contributed by atoms with Gasteiger partial charge in [0.25, 0.3) is 0 Å². The Morgan fingerprint density at radius 1 is 1.33 bits per heavy atom. The number of nitrogen functional groups attached to an aromatic ring is 1. The minimum Gasteiger partial charge on any atom is -0.398 e. The molecule has 1 heterocycles. The van der Waals surface area contributed by atoms with Crippen LogP contribution in [0.15, 0.2) is 40.6 Å². The molecule has 90 valence electrons. The first-order chi connectivity index (χ1) is 8.69. The van der Waals surface area contributed by atoms with Crippen molar-refractivity contribution in [1.82, 2.24) is 9.97 Å². The number of anilines is 1. The average molecular weight is 256 g/mol. The third-order valence-electron chi connectivity index (χ3n) is 2.35. The molecule has 0 atom stereocenters. The van der Waals surface area contributed by atoms with Gasteiger partial charge in [-0.15, -0.1) is 0 Å². The normalized spacial score (nSPS) is 10.0. The molecule has 0 fully saturated rings. The number of hydrogen-bond acceptors (Lipinski definition) is 5. The highest BCUT2D eigenvalue weighted by molar-refractivity contribution is 7.99. The summed E-state index contributed by atoms with van der Waals surface area (Å²) in [5.74, 6) is 0. The Morgan fingerprint density at radius 2 is 2.06 bits per heavy atom. The van der Waals surface area contributed by atoms with Crippen LogP contribution in [0, 0.1) is 18.3 Å². The quantitative estimate of drug-likeness (QED) is 0.674. The lowest BCUT2D eigenvalue weighted by Gasteiger charge is -2.05. The maximum absolute atomic E-state index is 8.72. The van der Waals surface area contributed by atoms with Crippen molar-refractivity contribution < 1.29 is 0 Å². The molecule has 0 aliphatic heterocycles. The summed E-state index contributed by atoms with van der Waals surface area (Å²) in [6.45, 7) is 1.95. The van der Waals surface area contributed by atoms with Crippen LogP contribution in [-0.2, 0) is 6.42 Å². The van der Waals surface area contributed by atoms with Gasteiger partial charge in [0.15, 0.2) is 5.16 Å². The van der Waals surface area contributed by atoms with E-state index < -0.39 is 0 Å². The number of aromatic nitrogens is 2. The first-order valence-corrected chi connectivity index (χ1v) is 6.22. The van der Waals surface area contributed by atoms with Crippen LogP contribution in [0.2, 0.25) is 0 Å². The number of hydrogen-bond donors (Lipinski definition) is 1. The van der Waals surface area contributed by atoms with E-state index in [0.717, 1.165) is 16.0 Å². The topological polar surface area (TPSA) is 75.6 Å². The molecule has 2 aromatic rings. The summed E-state index contributed by atoms with van der Waals surface area (Å²) in [5, 5.41) is 9.41. The second-order valence-corrected chi connectivity index (χ2v) is 4.88. The van der Waals surface area contributed by atoms with E-state index in [1.807, 2.05) is 25.1 Å². The zero-order valence-corrected chi connectivity index (χ0v) is 10.7. The molecule has 2 rings (SSSR count). The number of nitrogens with two attached hydrogens (primary N) is 1. The lowest BCUT2D eigenvalue weighted by Crippen LogP contribution is -1.94. The summed E-state index contributed by atoms with van der Waals surface area (Å²) in [6, 6.07) is 7.73. The maximum atomic E-state index is 8.72. The number of benzene rings is 1. The van der Waals surface area contributed by atoms with Crippen molar-refractivity contribution in [3.8, 4) is 6.07 Å². The number of nitrogens with zero attached hydrogens (tertiary/aromatic N) is 3. The van der Waals surface area contributed by atoms with Crippen LogP contribution in [0.1, 0.15) is 11.1 Å². The molecule has 5 heteroatoms. The molecule has 0 spiro atoms. The van der Waals surface area contributed by atoms with Crippen molar-refractivity contribution in [2.24, 2.45) is 0 Å². The van der Waals surface area contributed by atoms with E-state index in [1.165, 1.54) is 11.8 Å². The van der Waals surface area contributed by atoms with Crippen LogP contribution >= 0.6 is 11.8 Å². The molecular formula is C13H12N4S. The van der Waals surface area contributed by atoms with Crippen LogP contribution in [0.4, 0.5) is 5.69 Å². The third-order valence-corrected chi connectivity index (χ3v) is 3.23. The standard InChI is InChI=1S/C13H12N4S/c1-9-7-16-13(17-8-9)18-11-2-3-12(15)10(6-11)4-5-14/h2-3,6-8H,4,15H2,1H3. The Kier molecular flexibility index (Phi) is 3.80. The first-order valence-electron chi connectivity index (χ1n) is 5.41. The number of rotatable bonds is 3. The molecular weight excluding hydrogens is 244 g/mol. The fourth-order valence-electron chi connectivity index (χ4n) is 1.42. The van der Waals surface area contributed by atoms with Gasteiger partial charge in [0.05, 0.1) is 12.5 Å². The summed E-state index contributed by atoms with van der Waals surface area (Å²) in [4.78, 5) is 9.44. The second-order valence-electron chi connectivity index (χ2n) is 3.84. The molecule has 0 aliphatic rings. The average Bonchev–Trinajstić information content (AvgIpc) is 2.37. The zero-order valence-electron chi connectivity index (χ0n) is 9.92. The Morgan fingerprint density at radius 3 is 2.72 bits per heavy atom. The summed E-state index contributed by atoms with van der Waals surface area (Å²) >= 11 is 1.46. The summed E-state index contributed by atoms with van der Waals surface area (Å²) in [7, 11) is 0. The van der Waals surface area contributed by atoms with Gasteiger partial charge in [-0.3, -0.25) is 0 Å². The van der Waals surface area contributed by atoms with Gasteiger partial charge in [-0.25, -0.2) is 9.97 Å². The number of nitriles is 1. The van der Waals surface area contributed by atoms with Crippen LogP contribution < -0.4 is 5.73 Å². The van der Waals surface area contributed by atoms with Gasteiger partial charge in [0.1, 0.15) is 0 Å². The predicted molar refractivity (Wildman–Crippen MR) is 71.1 cm³/mol. The van der Waals surface area contributed by atoms with E-state index in [0.29, 0.717) is 17.3 Å². The molecule has 0 amide bonds. The monoisotopic (exact) mass is 256 g/mol. The molecule has 0 unspecified atom stereocenters. The fourth-order valence-corrected chi connectivity index (χ4v) is 2.18. The van der Waals surface area contributed by atoms with Gasteiger partial charge in [-0.2, -0.15) is 5.26 Å². The van der Waals surface area contributed by atoms with Gasteiger partial charge >= 0.3 is 0 Å². The van der Waals surface area contributed by atoms with Crippen LogP contribution in [0.25, 0.3) is 0 Å². The lowest BCUT2D eigenvalue weighted by atomic mass is 10.1. The SMILES string of the molecule is Cc1cnc(Sc2ccc(N)c(CC#N)c2)nc1. The maximum Gasteiger partial charge on any atom is 0.192 e. The van der Waals surface area contributed by atoms with Crippen molar-refractivity contribution in [3.63, 3.8) is 0 Å². The van der Waals surface area contributed by atoms with Gasteiger partial charge < -0.3 is 5.73 Å². The van der Waals surface area contributed by atoms with E-state index in [1.54, 1.807) is 12.4 Å². The van der Waals surface area contributed by atoms with Crippen molar-refractivity contribution in [2.45, 2.75) is 23.4 Å². The molecule has 0 radical (unpaired) electrons. The highest BCUT2D eigenvalue weighted by atomic mass is 32.2. The molecule has 18 heavy (non-hydrogen) atoms. The van der Waals surface area contributed by atoms with E-state index >= 15 is 0 Å². The molecule has 0 bridgehead atoms. The van der Waals surface area contributed by atoms with Crippen molar-refractivity contribution in [3.05, 3.63) is 41.7 Å². The van der Waals surface area contributed by atoms with Gasteiger partial charge in [-0.1, -0.05) is 0 Å². The number of aryl methyl sites for hydroxylation is 1. The van der Waals surface area contributed by atoms with Gasteiger partial charge in [0, 0.05) is 23.0 Å². The van der Waals surface area contributed by atoms with Crippen LogP contribution in [0.3, 0.4) is 0 Å². The highest BCUT2D eigenvalue weighted by Crippen LogP contribution is 2.27. The van der Waals surface area contributed by atoms with Crippen molar-refractivity contribution >= 4 is 17.4 Å². The Labute approximate surface area is 110 Å².